The molecule has 0 aliphatic rings. The van der Waals surface area contributed by atoms with Crippen LogP contribution in [0.4, 0.5) is 0 Å². The minimum absolute atomic E-state index is 0.125. The van der Waals surface area contributed by atoms with Gasteiger partial charge in [-0.2, -0.15) is 0 Å². The Morgan fingerprint density at radius 1 is 1.47 bits per heavy atom. The summed E-state index contributed by atoms with van der Waals surface area (Å²) in [5, 5.41) is 13.3. The lowest BCUT2D eigenvalue weighted by Crippen LogP contribution is -2.41. The van der Waals surface area contributed by atoms with E-state index < -0.39 is 6.10 Å². The van der Waals surface area contributed by atoms with Crippen LogP contribution in [0.2, 0.25) is 10.0 Å². The molecule has 4 nitrogen and oxygen atoms in total. The maximum atomic E-state index is 9.60. The molecule has 4 N–H and O–H groups in total. The molecule has 1 aromatic carbocycles. The normalized spacial score (nSPS) is 14.4. The zero-order valence-corrected chi connectivity index (χ0v) is 11.0. The van der Waals surface area contributed by atoms with E-state index in [9.17, 15) is 5.11 Å². The number of nitrogens with one attached hydrogen (secondary N) is 1. The van der Waals surface area contributed by atoms with Gasteiger partial charge >= 0.3 is 0 Å². The first-order valence-electron chi connectivity index (χ1n) is 5.24. The fourth-order valence-electron chi connectivity index (χ4n) is 1.16. The molecule has 17 heavy (non-hydrogen) atoms. The zero-order valence-electron chi connectivity index (χ0n) is 9.49. The molecule has 0 saturated heterocycles. The number of hydrogen-bond acceptors (Lipinski definition) is 4. The first-order chi connectivity index (χ1) is 8.00. The van der Waals surface area contributed by atoms with Crippen LogP contribution in [0.5, 0.6) is 5.75 Å². The highest BCUT2D eigenvalue weighted by molar-refractivity contribution is 6.42. The molecule has 6 heteroatoms. The standard InChI is InChI=1S/C11H16Cl2N2O2/c1-7(14)15-5-8(16)6-17-10-4-2-3-9(12)11(10)13/h2-4,7-8,15-16H,5-6,14H2,1H3. The van der Waals surface area contributed by atoms with Gasteiger partial charge in [-0.25, -0.2) is 0 Å². The monoisotopic (exact) mass is 278 g/mol. The molecule has 0 aliphatic heterocycles. The van der Waals surface area contributed by atoms with Crippen molar-refractivity contribution in [3.05, 3.63) is 28.2 Å². The minimum Gasteiger partial charge on any atom is -0.489 e. The van der Waals surface area contributed by atoms with Crippen molar-refractivity contribution in [1.82, 2.24) is 5.32 Å². The van der Waals surface area contributed by atoms with E-state index in [0.717, 1.165) is 0 Å². The molecule has 0 spiro atoms. The third kappa shape index (κ3) is 5.10. The Morgan fingerprint density at radius 2 is 2.18 bits per heavy atom. The molecule has 96 valence electrons. The third-order valence-electron chi connectivity index (χ3n) is 2.02. The summed E-state index contributed by atoms with van der Waals surface area (Å²) in [6, 6.07) is 5.10. The zero-order chi connectivity index (χ0) is 12.8. The van der Waals surface area contributed by atoms with Gasteiger partial charge in [-0.15, -0.1) is 0 Å². The molecule has 0 bridgehead atoms. The van der Waals surface area contributed by atoms with E-state index in [2.05, 4.69) is 5.32 Å². The van der Waals surface area contributed by atoms with Crippen molar-refractivity contribution in [2.75, 3.05) is 13.2 Å². The van der Waals surface area contributed by atoms with E-state index >= 15 is 0 Å². The molecule has 0 radical (unpaired) electrons. The van der Waals surface area contributed by atoms with Gasteiger partial charge in [0.2, 0.25) is 0 Å². The summed E-state index contributed by atoms with van der Waals surface area (Å²) in [4.78, 5) is 0. The average Bonchev–Trinajstić information content (AvgIpc) is 2.28. The van der Waals surface area contributed by atoms with Crippen LogP contribution in [0.15, 0.2) is 18.2 Å². The molecule has 0 fully saturated rings. The maximum absolute atomic E-state index is 9.60. The Hall–Kier alpha value is -0.520. The lowest BCUT2D eigenvalue weighted by atomic mass is 10.3. The van der Waals surface area contributed by atoms with Crippen LogP contribution in [0, 0.1) is 0 Å². The first-order valence-corrected chi connectivity index (χ1v) is 6.00. The second kappa shape index (κ2) is 7.03. The van der Waals surface area contributed by atoms with Gasteiger partial charge in [-0.1, -0.05) is 29.3 Å². The van der Waals surface area contributed by atoms with Crippen LogP contribution in [0.3, 0.4) is 0 Å². The van der Waals surface area contributed by atoms with Gasteiger partial charge in [0, 0.05) is 6.54 Å². The molecule has 0 heterocycles. The van der Waals surface area contributed by atoms with Gasteiger partial charge in [0.25, 0.3) is 0 Å². The smallest absolute Gasteiger partial charge is 0.139 e. The number of benzene rings is 1. The predicted molar refractivity (Wildman–Crippen MR) is 69.6 cm³/mol. The SMILES string of the molecule is CC(N)NCC(O)COc1cccc(Cl)c1Cl. The van der Waals surface area contributed by atoms with Gasteiger partial charge in [0.1, 0.15) is 23.5 Å². The summed E-state index contributed by atoms with van der Waals surface area (Å²) in [7, 11) is 0. The fourth-order valence-corrected chi connectivity index (χ4v) is 1.51. The number of hydrogen-bond donors (Lipinski definition) is 3. The van der Waals surface area contributed by atoms with Crippen molar-refractivity contribution in [3.8, 4) is 5.75 Å². The van der Waals surface area contributed by atoms with E-state index in [0.29, 0.717) is 22.3 Å². The number of aliphatic hydroxyl groups is 1. The Bertz CT molecular complexity index is 361. The van der Waals surface area contributed by atoms with Crippen LogP contribution in [0.1, 0.15) is 6.92 Å². The molecule has 0 saturated carbocycles. The Balaban J connectivity index is 2.42. The number of ether oxygens (including phenoxy) is 1. The first kappa shape index (κ1) is 14.5. The average molecular weight is 279 g/mol. The van der Waals surface area contributed by atoms with Crippen molar-refractivity contribution in [1.29, 1.82) is 0 Å². The van der Waals surface area contributed by atoms with Crippen molar-refractivity contribution in [2.24, 2.45) is 5.73 Å². The molecular weight excluding hydrogens is 263 g/mol. The Morgan fingerprint density at radius 3 is 2.82 bits per heavy atom. The van der Waals surface area contributed by atoms with Crippen LogP contribution >= 0.6 is 23.2 Å². The van der Waals surface area contributed by atoms with E-state index in [1.807, 2.05) is 0 Å². The summed E-state index contributed by atoms with van der Waals surface area (Å²) in [6.45, 7) is 2.27. The van der Waals surface area contributed by atoms with Crippen molar-refractivity contribution in [2.45, 2.75) is 19.2 Å². The van der Waals surface area contributed by atoms with Crippen LogP contribution in [0.25, 0.3) is 0 Å². The van der Waals surface area contributed by atoms with E-state index in [4.69, 9.17) is 33.7 Å². The van der Waals surface area contributed by atoms with Crippen LogP contribution in [-0.4, -0.2) is 30.5 Å². The molecule has 1 rings (SSSR count). The summed E-state index contributed by atoms with van der Waals surface area (Å²) >= 11 is 11.8. The van der Waals surface area contributed by atoms with Gasteiger partial charge in [0.05, 0.1) is 11.2 Å². The third-order valence-corrected chi connectivity index (χ3v) is 2.82. The van der Waals surface area contributed by atoms with Gasteiger partial charge in [-0.05, 0) is 19.1 Å². The molecular formula is C11H16Cl2N2O2. The number of aliphatic hydroxyl groups excluding tert-OH is 1. The summed E-state index contributed by atoms with van der Waals surface area (Å²) < 4.78 is 5.36. The summed E-state index contributed by atoms with van der Waals surface area (Å²) in [6.07, 6.45) is -0.824. The fraction of sp³-hybridized carbons (Fsp3) is 0.455. The van der Waals surface area contributed by atoms with Crippen LogP contribution < -0.4 is 15.8 Å². The van der Waals surface area contributed by atoms with Crippen LogP contribution in [-0.2, 0) is 0 Å². The van der Waals surface area contributed by atoms with E-state index in [-0.39, 0.29) is 12.8 Å². The predicted octanol–water partition coefficient (Wildman–Crippen LogP) is 1.63. The molecule has 1 aromatic rings. The lowest BCUT2D eigenvalue weighted by molar-refractivity contribution is 0.104. The summed E-state index contributed by atoms with van der Waals surface area (Å²) in [5.41, 5.74) is 5.49. The highest BCUT2D eigenvalue weighted by atomic mass is 35.5. The molecule has 0 amide bonds. The summed E-state index contributed by atoms with van der Waals surface area (Å²) in [5.74, 6) is 0.457. The highest BCUT2D eigenvalue weighted by Gasteiger charge is 2.09. The Labute approximate surface area is 111 Å². The van der Waals surface area contributed by atoms with Crippen molar-refractivity contribution < 1.29 is 9.84 Å². The second-order valence-electron chi connectivity index (χ2n) is 3.71. The molecule has 2 unspecified atom stereocenters. The van der Waals surface area contributed by atoms with E-state index in [1.54, 1.807) is 25.1 Å². The largest absolute Gasteiger partial charge is 0.489 e. The van der Waals surface area contributed by atoms with Gasteiger partial charge < -0.3 is 15.6 Å². The Kier molecular flexibility index (Phi) is 6.02. The number of halogens is 2. The lowest BCUT2D eigenvalue weighted by Gasteiger charge is -2.15. The van der Waals surface area contributed by atoms with Crippen molar-refractivity contribution >= 4 is 23.2 Å². The van der Waals surface area contributed by atoms with E-state index in [1.165, 1.54) is 0 Å². The number of rotatable bonds is 6. The van der Waals surface area contributed by atoms with Crippen molar-refractivity contribution in [3.63, 3.8) is 0 Å². The minimum atomic E-state index is -0.656. The van der Waals surface area contributed by atoms with Gasteiger partial charge in [-0.3, -0.25) is 5.32 Å². The number of nitrogens with two attached hydrogens (primary N) is 1. The molecule has 2 atom stereocenters. The highest BCUT2D eigenvalue weighted by Crippen LogP contribution is 2.31. The molecule has 0 aromatic heterocycles. The maximum Gasteiger partial charge on any atom is 0.139 e. The quantitative estimate of drug-likeness (QED) is 0.692. The molecule has 0 aliphatic carbocycles. The van der Waals surface area contributed by atoms with Gasteiger partial charge in [0.15, 0.2) is 0 Å². The second-order valence-corrected chi connectivity index (χ2v) is 4.50. The topological polar surface area (TPSA) is 67.5 Å².